The van der Waals surface area contributed by atoms with Crippen LogP contribution in [-0.2, 0) is 4.79 Å². The van der Waals surface area contributed by atoms with Crippen LogP contribution in [0.5, 0.6) is 0 Å². The van der Waals surface area contributed by atoms with Gasteiger partial charge in [-0.3, -0.25) is 20.1 Å². The molecule has 1 unspecified atom stereocenters. The minimum Gasteiger partial charge on any atom is -0.298 e. The Kier molecular flexibility index (Phi) is 5.43. The van der Waals surface area contributed by atoms with Crippen LogP contribution in [0.4, 0.5) is 0 Å². The molecule has 28 heavy (non-hydrogen) atoms. The normalized spacial score (nSPS) is 18.0. The van der Waals surface area contributed by atoms with Gasteiger partial charge in [-0.2, -0.15) is 0 Å². The van der Waals surface area contributed by atoms with E-state index in [0.29, 0.717) is 10.9 Å². The predicted molar refractivity (Wildman–Crippen MR) is 112 cm³/mol. The lowest BCUT2D eigenvalue weighted by molar-refractivity contribution is -0.116. The van der Waals surface area contributed by atoms with Crippen molar-refractivity contribution in [1.82, 2.24) is 15.3 Å². The summed E-state index contributed by atoms with van der Waals surface area (Å²) in [5.74, 6) is 0.782. The average Bonchev–Trinajstić information content (AvgIpc) is 2.70. The number of benzene rings is 1. The van der Waals surface area contributed by atoms with E-state index in [1.54, 1.807) is 16.8 Å². The van der Waals surface area contributed by atoms with Crippen LogP contribution in [0.1, 0.15) is 43.7 Å². The Bertz CT molecular complexity index is 1050. The quantitative estimate of drug-likeness (QED) is 0.793. The van der Waals surface area contributed by atoms with Crippen molar-refractivity contribution < 1.29 is 4.79 Å². The number of pyridine rings is 1. The maximum Gasteiger partial charge on any atom is 0.276 e. The topological polar surface area (TPSA) is 70.0 Å². The molecule has 6 nitrogen and oxygen atoms in total. The predicted octanol–water partition coefficient (Wildman–Crippen LogP) is 2.46. The van der Waals surface area contributed by atoms with Gasteiger partial charge in [-0.1, -0.05) is 55.8 Å². The largest absolute Gasteiger partial charge is 0.298 e. The molecule has 1 amide bonds. The number of carbonyl (C=O) groups excluding carboxylic acids is 1. The third kappa shape index (κ3) is 3.67. The van der Waals surface area contributed by atoms with Crippen LogP contribution in [0.15, 0.2) is 52.6 Å². The Morgan fingerprint density at radius 3 is 2.82 bits per heavy atom. The molecule has 0 bridgehead atoms. The lowest BCUT2D eigenvalue weighted by atomic mass is 10.1. The lowest BCUT2D eigenvalue weighted by Gasteiger charge is -2.33. The minimum absolute atomic E-state index is 0.145. The fraction of sp³-hybridized carbons (Fsp3) is 0.333. The average molecular weight is 394 g/mol. The van der Waals surface area contributed by atoms with Crippen molar-refractivity contribution in [2.45, 2.75) is 39.3 Å². The first-order valence-electron chi connectivity index (χ1n) is 9.60. The Labute approximate surface area is 168 Å². The molecule has 0 radical (unpaired) electrons. The summed E-state index contributed by atoms with van der Waals surface area (Å²) in [5.41, 5.74) is 2.21. The third-order valence-corrected chi connectivity index (χ3v) is 5.63. The second-order valence-electron chi connectivity index (χ2n) is 6.83. The lowest BCUT2D eigenvalue weighted by Crippen LogP contribution is -2.50. The number of nitrogens with one attached hydrogen (secondary N) is 1. The van der Waals surface area contributed by atoms with Gasteiger partial charge in [-0.15, -0.1) is 5.10 Å². The molecule has 3 heterocycles. The summed E-state index contributed by atoms with van der Waals surface area (Å²) in [6.07, 6.45) is 2.98. The van der Waals surface area contributed by atoms with Gasteiger partial charge >= 0.3 is 0 Å². The van der Waals surface area contributed by atoms with E-state index < -0.39 is 6.17 Å². The minimum atomic E-state index is -0.456. The first kappa shape index (κ1) is 18.7. The molecule has 2 aliphatic heterocycles. The van der Waals surface area contributed by atoms with E-state index in [4.69, 9.17) is 10.1 Å². The number of rotatable bonds is 5. The van der Waals surface area contributed by atoms with Crippen molar-refractivity contribution >= 4 is 28.5 Å². The molecule has 1 atom stereocenters. The maximum absolute atomic E-state index is 13.0. The Hall–Kier alpha value is -2.67. The standard InChI is InChI=1S/C21H23N5OS/c1-3-4-7-13-28-21-24-20(27)18-15-10-5-6-11-16(15)23-19(26(18)25-21)17-12-8-9-14(2)22-17/h5-6,8-12,19H,3-4,7,13H2,1-2H3,(H,24,25,27). The number of thioether (sulfide) groups is 1. The highest BCUT2D eigenvalue weighted by Gasteiger charge is 2.34. The number of aromatic nitrogens is 1. The molecular weight excluding hydrogens is 370 g/mol. The van der Waals surface area contributed by atoms with Crippen molar-refractivity contribution in [2.24, 2.45) is 10.1 Å². The van der Waals surface area contributed by atoms with Gasteiger partial charge in [-0.25, -0.2) is 5.01 Å². The highest BCUT2D eigenvalue weighted by molar-refractivity contribution is 8.13. The number of fused-ring (bicyclic) bond motifs is 2. The van der Waals surface area contributed by atoms with Crippen LogP contribution in [0.25, 0.3) is 5.70 Å². The molecule has 1 aromatic carbocycles. The highest BCUT2D eigenvalue weighted by atomic mass is 32.2. The third-order valence-electron chi connectivity index (χ3n) is 4.68. The van der Waals surface area contributed by atoms with Crippen molar-refractivity contribution in [2.75, 3.05) is 5.75 Å². The summed E-state index contributed by atoms with van der Waals surface area (Å²) in [7, 11) is 0. The molecule has 1 N–H and O–H groups in total. The molecule has 1 aromatic heterocycles. The molecule has 7 heteroatoms. The first-order valence-corrected chi connectivity index (χ1v) is 10.6. The van der Waals surface area contributed by atoms with Crippen LogP contribution in [0, 0.1) is 6.92 Å². The van der Waals surface area contributed by atoms with Crippen molar-refractivity contribution in [3.8, 4) is 0 Å². The number of carbonyl (C=O) groups is 1. The van der Waals surface area contributed by atoms with Crippen LogP contribution in [-0.4, -0.2) is 26.8 Å². The Morgan fingerprint density at radius 1 is 1.14 bits per heavy atom. The number of amidine groups is 1. The van der Waals surface area contributed by atoms with Gasteiger partial charge in [0, 0.05) is 16.7 Å². The number of hydrazone groups is 1. The van der Waals surface area contributed by atoms with E-state index >= 15 is 0 Å². The summed E-state index contributed by atoms with van der Waals surface area (Å²) >= 11 is 1.58. The number of unbranched alkanes of at least 4 members (excludes halogenated alkanes) is 2. The molecule has 0 saturated heterocycles. The summed E-state index contributed by atoms with van der Waals surface area (Å²) in [5, 5.41) is 11.6. The number of amides is 1. The van der Waals surface area contributed by atoms with E-state index in [1.807, 2.05) is 49.4 Å². The summed E-state index contributed by atoms with van der Waals surface area (Å²) in [4.78, 5) is 22.5. The fourth-order valence-corrected chi connectivity index (χ4v) is 4.17. The molecule has 0 saturated carbocycles. The van der Waals surface area contributed by atoms with Crippen LogP contribution >= 0.6 is 11.8 Å². The summed E-state index contributed by atoms with van der Waals surface area (Å²) < 4.78 is 0. The zero-order chi connectivity index (χ0) is 19.5. The number of aryl methyl sites for hydroxylation is 1. The molecule has 2 aliphatic rings. The maximum atomic E-state index is 13.0. The van der Waals surface area contributed by atoms with Gasteiger partial charge in [0.1, 0.15) is 5.70 Å². The summed E-state index contributed by atoms with van der Waals surface area (Å²) in [6.45, 7) is 4.13. The molecule has 144 valence electrons. The van der Waals surface area contributed by atoms with Crippen LogP contribution < -0.4 is 15.9 Å². The van der Waals surface area contributed by atoms with Gasteiger partial charge in [0.05, 0.1) is 11.1 Å². The molecular formula is C21H23N5OS. The zero-order valence-corrected chi connectivity index (χ0v) is 16.9. The second kappa shape index (κ2) is 8.14. The Morgan fingerprint density at radius 2 is 2.00 bits per heavy atom. The van der Waals surface area contributed by atoms with Crippen molar-refractivity contribution in [1.29, 1.82) is 0 Å². The van der Waals surface area contributed by atoms with E-state index in [9.17, 15) is 4.79 Å². The molecule has 4 rings (SSSR count). The SMILES string of the molecule is CCCCCSC1=NN2C(=c3ccccc3=NC2c2cccc(C)n2)C(=O)N1. The van der Waals surface area contributed by atoms with Gasteiger partial charge in [0.15, 0.2) is 11.3 Å². The molecule has 0 aliphatic carbocycles. The number of hydrogen-bond acceptors (Lipinski definition) is 6. The van der Waals surface area contributed by atoms with E-state index in [2.05, 4.69) is 17.2 Å². The van der Waals surface area contributed by atoms with Gasteiger partial charge in [0.25, 0.3) is 5.91 Å². The fourth-order valence-electron chi connectivity index (χ4n) is 3.31. The molecule has 0 spiro atoms. The Balaban J connectivity index is 1.78. The highest BCUT2D eigenvalue weighted by Crippen LogP contribution is 2.29. The number of para-hydroxylation sites is 1. The van der Waals surface area contributed by atoms with Crippen molar-refractivity contribution in [3.63, 3.8) is 0 Å². The second-order valence-corrected chi connectivity index (χ2v) is 7.92. The molecule has 0 fully saturated rings. The van der Waals surface area contributed by atoms with Gasteiger partial charge < -0.3 is 0 Å². The van der Waals surface area contributed by atoms with Crippen LogP contribution in [0.3, 0.4) is 0 Å². The van der Waals surface area contributed by atoms with Gasteiger partial charge in [-0.05, 0) is 31.5 Å². The van der Waals surface area contributed by atoms with Crippen LogP contribution in [0.2, 0.25) is 0 Å². The number of hydrogen-bond donors (Lipinski definition) is 1. The van der Waals surface area contributed by atoms with Gasteiger partial charge in [0.2, 0.25) is 0 Å². The summed E-state index contributed by atoms with van der Waals surface area (Å²) in [6, 6.07) is 13.5. The van der Waals surface area contributed by atoms with E-state index in [-0.39, 0.29) is 5.91 Å². The smallest absolute Gasteiger partial charge is 0.276 e. The van der Waals surface area contributed by atoms with E-state index in [0.717, 1.165) is 34.1 Å². The molecule has 2 aromatic rings. The zero-order valence-electron chi connectivity index (χ0n) is 16.1. The van der Waals surface area contributed by atoms with E-state index in [1.165, 1.54) is 12.8 Å². The first-order chi connectivity index (χ1) is 13.7. The van der Waals surface area contributed by atoms with Crippen molar-refractivity contribution in [3.05, 3.63) is 64.4 Å². The number of nitrogens with zero attached hydrogens (tertiary/aromatic N) is 4. The monoisotopic (exact) mass is 393 g/mol.